The average molecular weight is 1090 g/mol. The topological polar surface area (TPSA) is 111 Å². The molecule has 79 heavy (non-hydrogen) atoms. The Labute approximate surface area is 482 Å². The van der Waals surface area contributed by atoms with Crippen molar-refractivity contribution in [1.29, 1.82) is 0 Å². The van der Waals surface area contributed by atoms with Gasteiger partial charge in [-0.25, -0.2) is 0 Å². The lowest BCUT2D eigenvalue weighted by Crippen LogP contribution is -2.44. The molecular weight excluding hydrogens is 983 g/mol. The molecule has 9 heteroatoms. The van der Waals surface area contributed by atoms with Crippen LogP contribution in [-0.2, 0) is 33.3 Å². The fourth-order valence-electron chi connectivity index (χ4n) is 7.38. The maximum Gasteiger partial charge on any atom is 0.306 e. The fourth-order valence-corrected chi connectivity index (χ4v) is 7.38. The summed E-state index contributed by atoms with van der Waals surface area (Å²) in [7, 11) is 5.89. The van der Waals surface area contributed by atoms with Crippen LogP contribution in [0.5, 0.6) is 0 Å². The third-order valence-electron chi connectivity index (χ3n) is 12.0. The zero-order chi connectivity index (χ0) is 57.6. The monoisotopic (exact) mass is 1090 g/mol. The summed E-state index contributed by atoms with van der Waals surface area (Å²) in [5.41, 5.74) is 0. The van der Waals surface area contributed by atoms with Gasteiger partial charge in [0.1, 0.15) is 13.2 Å². The van der Waals surface area contributed by atoms with Crippen LogP contribution >= 0.6 is 0 Å². The van der Waals surface area contributed by atoms with Gasteiger partial charge >= 0.3 is 11.9 Å². The number of nitrogens with zero attached hydrogens (tertiary/aromatic N) is 1. The molecule has 0 aromatic heterocycles. The number of hydrogen-bond donors (Lipinski definition) is 0. The first-order valence-electron chi connectivity index (χ1n) is 30.3. The largest absolute Gasteiger partial charge is 0.545 e. The van der Waals surface area contributed by atoms with Gasteiger partial charge in [-0.3, -0.25) is 9.59 Å². The second-order valence-corrected chi connectivity index (χ2v) is 20.5. The number of esters is 2. The second-order valence-electron chi connectivity index (χ2n) is 20.5. The van der Waals surface area contributed by atoms with Gasteiger partial charge in [0, 0.05) is 12.8 Å². The summed E-state index contributed by atoms with van der Waals surface area (Å²) < 4.78 is 22.6. The standard InChI is InChI=1S/C70H109NO8/c1-6-8-10-12-14-16-18-20-22-24-25-26-27-28-29-30-31-32-33-34-35-36-37-38-39-40-41-42-43-45-47-49-51-53-55-57-59-61-68(73)79-66(65-78-70(69(74)75)76-63-62-71(3,4)5)64-77-67(72)60-58-56-54-52-50-48-46-44-23-21-19-17-15-13-11-9-7-2/h8-11,14-17,20-23,25-26,28-29,31-32,34-35,37-38,40-41,43,45,49,51,66,70H,6-7,12-13,18-19,24,27,30,33,36,39,42,44,46-48,50,52-65H2,1-5H3/b10-8-,11-9-,16-14-,17-15-,22-20-,23-21-,26-25-,29-28-,32-31-,35-34-,38-37-,41-40-,45-43-,51-49-. The summed E-state index contributed by atoms with van der Waals surface area (Å²) in [4.78, 5) is 37.3. The van der Waals surface area contributed by atoms with Gasteiger partial charge < -0.3 is 33.3 Å². The van der Waals surface area contributed by atoms with Gasteiger partial charge in [0.15, 0.2) is 12.4 Å². The highest BCUT2D eigenvalue weighted by Gasteiger charge is 2.22. The third kappa shape index (κ3) is 60.1. The number of hydrogen-bond acceptors (Lipinski definition) is 8. The molecule has 0 bridgehead atoms. The van der Waals surface area contributed by atoms with Gasteiger partial charge in [0.2, 0.25) is 0 Å². The molecule has 0 saturated carbocycles. The summed E-state index contributed by atoms with van der Waals surface area (Å²) in [6.45, 7) is 4.44. The predicted molar refractivity (Wildman–Crippen MR) is 333 cm³/mol. The van der Waals surface area contributed by atoms with Crippen LogP contribution in [0.3, 0.4) is 0 Å². The zero-order valence-electron chi connectivity index (χ0n) is 50.2. The molecule has 0 spiro atoms. The number of carbonyl (C=O) groups is 3. The van der Waals surface area contributed by atoms with E-state index in [1.165, 1.54) is 19.3 Å². The highest BCUT2D eigenvalue weighted by atomic mass is 16.7. The number of unbranched alkanes of at least 4 members (excludes halogenated alkanes) is 10. The molecule has 0 N–H and O–H groups in total. The smallest absolute Gasteiger partial charge is 0.306 e. The van der Waals surface area contributed by atoms with Crippen molar-refractivity contribution >= 4 is 17.9 Å². The molecule has 442 valence electrons. The van der Waals surface area contributed by atoms with E-state index in [-0.39, 0.29) is 38.6 Å². The average Bonchev–Trinajstić information content (AvgIpc) is 3.42. The lowest BCUT2D eigenvalue weighted by molar-refractivity contribution is -0.870. The lowest BCUT2D eigenvalue weighted by atomic mass is 10.1. The number of carbonyl (C=O) groups excluding carboxylic acids is 3. The molecule has 9 nitrogen and oxygen atoms in total. The number of quaternary nitrogens is 1. The normalized spacial score (nSPS) is 14.0. The van der Waals surface area contributed by atoms with Gasteiger partial charge in [-0.1, -0.05) is 223 Å². The number of rotatable bonds is 53. The van der Waals surface area contributed by atoms with Crippen LogP contribution in [-0.4, -0.2) is 82.3 Å². The third-order valence-corrected chi connectivity index (χ3v) is 12.0. The molecule has 0 aromatic carbocycles. The van der Waals surface area contributed by atoms with Crippen molar-refractivity contribution in [3.8, 4) is 0 Å². The van der Waals surface area contributed by atoms with Crippen LogP contribution in [0.4, 0.5) is 0 Å². The Bertz CT molecular complexity index is 1900. The summed E-state index contributed by atoms with van der Waals surface area (Å²) in [6.07, 6.45) is 85.5. The van der Waals surface area contributed by atoms with Crippen LogP contribution in [0.25, 0.3) is 0 Å². The summed E-state index contributed by atoms with van der Waals surface area (Å²) in [5.74, 6) is -2.37. The van der Waals surface area contributed by atoms with E-state index >= 15 is 0 Å². The van der Waals surface area contributed by atoms with Crippen molar-refractivity contribution < 1.29 is 42.9 Å². The van der Waals surface area contributed by atoms with Crippen LogP contribution in [0, 0.1) is 0 Å². The van der Waals surface area contributed by atoms with E-state index in [0.717, 1.165) is 135 Å². The van der Waals surface area contributed by atoms with Crippen molar-refractivity contribution in [1.82, 2.24) is 0 Å². The van der Waals surface area contributed by atoms with E-state index in [1.54, 1.807) is 0 Å². The molecular formula is C70H109NO8. The van der Waals surface area contributed by atoms with E-state index < -0.39 is 24.3 Å². The fraction of sp³-hybridized carbons (Fsp3) is 0.557. The highest BCUT2D eigenvalue weighted by molar-refractivity contribution is 5.70. The van der Waals surface area contributed by atoms with Crippen molar-refractivity contribution in [2.45, 2.75) is 206 Å². The predicted octanol–water partition coefficient (Wildman–Crippen LogP) is 17.0. The minimum Gasteiger partial charge on any atom is -0.545 e. The van der Waals surface area contributed by atoms with Crippen molar-refractivity contribution in [3.63, 3.8) is 0 Å². The molecule has 0 fully saturated rings. The number of carboxylic acids is 1. The van der Waals surface area contributed by atoms with Gasteiger partial charge in [-0.2, -0.15) is 0 Å². The highest BCUT2D eigenvalue weighted by Crippen LogP contribution is 2.13. The van der Waals surface area contributed by atoms with Crippen molar-refractivity contribution in [2.24, 2.45) is 0 Å². The molecule has 0 aliphatic carbocycles. The first-order chi connectivity index (χ1) is 38.6. The second kappa shape index (κ2) is 58.8. The molecule has 0 saturated heterocycles. The number of allylic oxidation sites excluding steroid dienone is 28. The van der Waals surface area contributed by atoms with Crippen LogP contribution in [0.1, 0.15) is 194 Å². The minimum atomic E-state index is -1.64. The van der Waals surface area contributed by atoms with E-state index in [4.69, 9.17) is 18.9 Å². The quantitative estimate of drug-likeness (QED) is 0.0195. The summed E-state index contributed by atoms with van der Waals surface area (Å²) >= 11 is 0. The zero-order valence-corrected chi connectivity index (χ0v) is 50.2. The maximum absolute atomic E-state index is 12.9. The molecule has 2 atom stereocenters. The Hall–Kier alpha value is -5.35. The van der Waals surface area contributed by atoms with Crippen LogP contribution in [0.15, 0.2) is 170 Å². The SMILES string of the molecule is CC/C=C\C/C=C\C/C=C\C/C=C\C/C=C\C/C=C\C/C=C\C/C=C\C/C=C\C/C=C\C/C=C\CCCCCC(=O)OC(COC(=O)CCCCCCCCC/C=C\C/C=C\C/C=C\CC)COC(OCC[N+](C)(C)C)C(=O)[O-]. The summed E-state index contributed by atoms with van der Waals surface area (Å²) in [6, 6.07) is 0. The van der Waals surface area contributed by atoms with Gasteiger partial charge in [-0.05, 0) is 128 Å². The minimum absolute atomic E-state index is 0.129. The molecule has 0 heterocycles. The lowest BCUT2D eigenvalue weighted by Gasteiger charge is -2.26. The first kappa shape index (κ1) is 73.7. The Morgan fingerprint density at radius 1 is 0.380 bits per heavy atom. The molecule has 0 amide bonds. The Kier molecular flexibility index (Phi) is 54.8. The Balaban J connectivity index is 4.33. The van der Waals surface area contributed by atoms with Gasteiger partial charge in [-0.15, -0.1) is 0 Å². The van der Waals surface area contributed by atoms with Gasteiger partial charge in [0.25, 0.3) is 0 Å². The Morgan fingerprint density at radius 2 is 0.684 bits per heavy atom. The molecule has 0 radical (unpaired) electrons. The van der Waals surface area contributed by atoms with Gasteiger partial charge in [0.05, 0.1) is 40.3 Å². The van der Waals surface area contributed by atoms with Crippen molar-refractivity contribution in [2.75, 3.05) is 47.5 Å². The van der Waals surface area contributed by atoms with Crippen LogP contribution < -0.4 is 5.11 Å². The van der Waals surface area contributed by atoms with E-state index in [1.807, 2.05) is 21.1 Å². The Morgan fingerprint density at radius 3 is 1.03 bits per heavy atom. The number of ether oxygens (including phenoxy) is 4. The van der Waals surface area contributed by atoms with E-state index in [0.29, 0.717) is 23.9 Å². The maximum atomic E-state index is 12.9. The number of carboxylic acid groups (broad SMARTS) is 1. The van der Waals surface area contributed by atoms with E-state index in [9.17, 15) is 19.5 Å². The first-order valence-corrected chi connectivity index (χ1v) is 30.3. The summed E-state index contributed by atoms with van der Waals surface area (Å²) in [5, 5.41) is 11.8. The van der Waals surface area contributed by atoms with Crippen LogP contribution in [0.2, 0.25) is 0 Å². The van der Waals surface area contributed by atoms with E-state index in [2.05, 4.69) is 184 Å². The molecule has 0 rings (SSSR count). The molecule has 0 aliphatic rings. The molecule has 2 unspecified atom stereocenters. The molecule has 0 aromatic rings. The number of aliphatic carboxylic acids is 1. The molecule has 0 aliphatic heterocycles. The van der Waals surface area contributed by atoms with Crippen molar-refractivity contribution in [3.05, 3.63) is 170 Å². The number of likely N-dealkylation sites (N-methyl/N-ethyl adjacent to an activating group) is 1.